The van der Waals surface area contributed by atoms with Gasteiger partial charge in [-0.3, -0.25) is 9.59 Å². The second kappa shape index (κ2) is 7.19. The lowest BCUT2D eigenvalue weighted by Crippen LogP contribution is -2.31. The molecule has 1 amide bonds. The molecule has 0 aliphatic carbocycles. The van der Waals surface area contributed by atoms with Gasteiger partial charge in [0.05, 0.1) is 4.88 Å². The molecule has 0 unspecified atom stereocenters. The van der Waals surface area contributed by atoms with Gasteiger partial charge in [0, 0.05) is 19.7 Å². The minimum atomic E-state index is -1.01. The molecule has 0 saturated carbocycles. The fourth-order valence-corrected chi connectivity index (χ4v) is 2.71. The Kier molecular flexibility index (Phi) is 5.28. The summed E-state index contributed by atoms with van der Waals surface area (Å²) >= 11 is 1.06. The summed E-state index contributed by atoms with van der Waals surface area (Å²) < 4.78 is 5.41. The molecule has 0 spiro atoms. The van der Waals surface area contributed by atoms with Gasteiger partial charge in [0.1, 0.15) is 4.88 Å². The summed E-state index contributed by atoms with van der Waals surface area (Å²) in [6.07, 6.45) is -1.01. The number of rotatable bonds is 5. The van der Waals surface area contributed by atoms with Crippen molar-refractivity contribution in [3.63, 3.8) is 0 Å². The Morgan fingerprint density at radius 3 is 2.13 bits per heavy atom. The molecule has 1 heterocycles. The van der Waals surface area contributed by atoms with Crippen molar-refractivity contribution >= 4 is 29.0 Å². The predicted octanol–water partition coefficient (Wildman–Crippen LogP) is 2.94. The SMILES string of the molecule is CC(=O)c1ccc(C(=O)O[C@@H](C(=O)N(C)C)c2ccccc2)s1. The summed E-state index contributed by atoms with van der Waals surface area (Å²) in [5.41, 5.74) is 0.600. The van der Waals surface area contributed by atoms with Gasteiger partial charge in [0.2, 0.25) is 6.10 Å². The number of hydrogen-bond acceptors (Lipinski definition) is 5. The summed E-state index contributed by atoms with van der Waals surface area (Å²) in [6, 6.07) is 11.9. The van der Waals surface area contributed by atoms with E-state index in [1.165, 1.54) is 17.9 Å². The molecular formula is C17H17NO4S. The normalized spacial score (nSPS) is 11.6. The van der Waals surface area contributed by atoms with Crippen LogP contribution in [0.5, 0.6) is 0 Å². The third-order valence-corrected chi connectivity index (χ3v) is 4.31. The average molecular weight is 331 g/mol. The fourth-order valence-electron chi connectivity index (χ4n) is 1.93. The number of thiophene rings is 1. The van der Waals surface area contributed by atoms with E-state index in [0.29, 0.717) is 15.3 Å². The maximum Gasteiger partial charge on any atom is 0.349 e. The van der Waals surface area contributed by atoms with Crippen molar-refractivity contribution in [2.45, 2.75) is 13.0 Å². The van der Waals surface area contributed by atoms with E-state index in [0.717, 1.165) is 11.3 Å². The van der Waals surface area contributed by atoms with Crippen LogP contribution in [0.3, 0.4) is 0 Å². The monoisotopic (exact) mass is 331 g/mol. The molecular weight excluding hydrogens is 314 g/mol. The number of ether oxygens (including phenoxy) is 1. The smallest absolute Gasteiger partial charge is 0.349 e. The molecule has 0 N–H and O–H groups in total. The molecule has 2 aromatic rings. The number of esters is 1. The molecule has 0 saturated heterocycles. The van der Waals surface area contributed by atoms with Crippen molar-refractivity contribution < 1.29 is 19.1 Å². The van der Waals surface area contributed by atoms with Gasteiger partial charge in [-0.15, -0.1) is 11.3 Å². The number of likely N-dealkylation sites (N-methyl/N-ethyl adjacent to an activating group) is 1. The van der Waals surface area contributed by atoms with Gasteiger partial charge in [-0.1, -0.05) is 30.3 Å². The topological polar surface area (TPSA) is 63.7 Å². The van der Waals surface area contributed by atoms with E-state index >= 15 is 0 Å². The first kappa shape index (κ1) is 16.9. The van der Waals surface area contributed by atoms with Crippen LogP contribution in [-0.2, 0) is 9.53 Å². The minimum Gasteiger partial charge on any atom is -0.443 e. The van der Waals surface area contributed by atoms with E-state index in [-0.39, 0.29) is 11.7 Å². The molecule has 2 rings (SSSR count). The second-order valence-electron chi connectivity index (χ2n) is 5.15. The maximum atomic E-state index is 12.3. The molecule has 0 fully saturated rings. The summed E-state index contributed by atoms with van der Waals surface area (Å²) in [7, 11) is 3.20. The highest BCUT2D eigenvalue weighted by molar-refractivity contribution is 7.15. The summed E-state index contributed by atoms with van der Waals surface area (Å²) in [5.74, 6) is -1.06. The van der Waals surface area contributed by atoms with Gasteiger partial charge in [0.15, 0.2) is 5.78 Å². The van der Waals surface area contributed by atoms with Gasteiger partial charge in [0.25, 0.3) is 5.91 Å². The van der Waals surface area contributed by atoms with Crippen LogP contribution in [0, 0.1) is 0 Å². The van der Waals surface area contributed by atoms with Gasteiger partial charge in [-0.25, -0.2) is 4.79 Å². The van der Waals surface area contributed by atoms with Crippen LogP contribution in [-0.4, -0.2) is 36.7 Å². The summed E-state index contributed by atoms with van der Waals surface area (Å²) in [5, 5.41) is 0. The van der Waals surface area contributed by atoms with Gasteiger partial charge < -0.3 is 9.64 Å². The molecule has 0 radical (unpaired) electrons. The van der Waals surface area contributed by atoms with Gasteiger partial charge in [-0.05, 0) is 19.1 Å². The Morgan fingerprint density at radius 1 is 1.00 bits per heavy atom. The van der Waals surface area contributed by atoms with Crippen LogP contribution >= 0.6 is 11.3 Å². The van der Waals surface area contributed by atoms with Crippen LogP contribution in [0.15, 0.2) is 42.5 Å². The molecule has 0 aliphatic rings. The standard InChI is InChI=1S/C17H17NO4S/c1-11(19)13-9-10-14(23-13)17(21)22-15(16(20)18(2)3)12-7-5-4-6-8-12/h4-10,15H,1-3H3/t15-/m1/s1. The molecule has 0 aliphatic heterocycles. The highest BCUT2D eigenvalue weighted by Gasteiger charge is 2.27. The highest BCUT2D eigenvalue weighted by Crippen LogP contribution is 2.24. The number of nitrogens with zero attached hydrogens (tertiary/aromatic N) is 1. The third-order valence-electron chi connectivity index (χ3n) is 3.15. The van der Waals surface area contributed by atoms with Crippen LogP contribution in [0.4, 0.5) is 0 Å². The number of carbonyl (C=O) groups excluding carboxylic acids is 3. The first-order chi connectivity index (χ1) is 10.9. The lowest BCUT2D eigenvalue weighted by atomic mass is 10.1. The highest BCUT2D eigenvalue weighted by atomic mass is 32.1. The zero-order valence-electron chi connectivity index (χ0n) is 13.1. The number of hydrogen-bond donors (Lipinski definition) is 0. The molecule has 1 atom stereocenters. The minimum absolute atomic E-state index is 0.113. The second-order valence-corrected chi connectivity index (χ2v) is 6.23. The molecule has 1 aromatic carbocycles. The van der Waals surface area contributed by atoms with Crippen molar-refractivity contribution in [2.75, 3.05) is 14.1 Å². The van der Waals surface area contributed by atoms with Gasteiger partial charge in [-0.2, -0.15) is 0 Å². The van der Waals surface area contributed by atoms with E-state index in [2.05, 4.69) is 0 Å². The molecule has 23 heavy (non-hydrogen) atoms. The fraction of sp³-hybridized carbons (Fsp3) is 0.235. The Morgan fingerprint density at radius 2 is 1.61 bits per heavy atom. The van der Waals surface area contributed by atoms with Crippen molar-refractivity contribution in [1.82, 2.24) is 4.90 Å². The van der Waals surface area contributed by atoms with E-state index in [1.54, 1.807) is 44.4 Å². The summed E-state index contributed by atoms with van der Waals surface area (Å²) in [4.78, 5) is 38.1. The van der Waals surface area contributed by atoms with Crippen molar-refractivity contribution in [1.29, 1.82) is 0 Å². The molecule has 1 aromatic heterocycles. The molecule has 120 valence electrons. The molecule has 0 bridgehead atoms. The number of ketones is 1. The first-order valence-electron chi connectivity index (χ1n) is 6.98. The Labute approximate surface area is 138 Å². The average Bonchev–Trinajstić information content (AvgIpc) is 3.03. The predicted molar refractivity (Wildman–Crippen MR) is 87.6 cm³/mol. The van der Waals surface area contributed by atoms with E-state index in [1.807, 2.05) is 6.07 Å². The first-order valence-corrected chi connectivity index (χ1v) is 7.79. The largest absolute Gasteiger partial charge is 0.443 e. The molecule has 5 nitrogen and oxygen atoms in total. The zero-order chi connectivity index (χ0) is 17.0. The van der Waals surface area contributed by atoms with Crippen molar-refractivity contribution in [2.24, 2.45) is 0 Å². The van der Waals surface area contributed by atoms with Crippen LogP contribution < -0.4 is 0 Å². The lowest BCUT2D eigenvalue weighted by Gasteiger charge is -2.20. The number of amides is 1. The number of benzene rings is 1. The van der Waals surface area contributed by atoms with Crippen molar-refractivity contribution in [3.8, 4) is 0 Å². The van der Waals surface area contributed by atoms with Crippen LogP contribution in [0.25, 0.3) is 0 Å². The third kappa shape index (κ3) is 4.04. The molecule has 6 heteroatoms. The van der Waals surface area contributed by atoms with E-state index < -0.39 is 12.1 Å². The van der Waals surface area contributed by atoms with Crippen LogP contribution in [0.1, 0.15) is 37.9 Å². The summed E-state index contributed by atoms with van der Waals surface area (Å²) in [6.45, 7) is 1.43. The Bertz CT molecular complexity index is 721. The zero-order valence-corrected chi connectivity index (χ0v) is 13.9. The quantitative estimate of drug-likeness (QED) is 0.624. The van der Waals surface area contributed by atoms with Crippen LogP contribution in [0.2, 0.25) is 0 Å². The van der Waals surface area contributed by atoms with Crippen molar-refractivity contribution in [3.05, 3.63) is 57.8 Å². The van der Waals surface area contributed by atoms with E-state index in [9.17, 15) is 14.4 Å². The number of Topliss-reactive ketones (excluding diaryl/α,β-unsaturated/α-hetero) is 1. The maximum absolute atomic E-state index is 12.3. The lowest BCUT2D eigenvalue weighted by molar-refractivity contribution is -0.138. The van der Waals surface area contributed by atoms with Gasteiger partial charge >= 0.3 is 5.97 Å². The number of carbonyl (C=O) groups is 3. The van der Waals surface area contributed by atoms with E-state index in [4.69, 9.17) is 4.74 Å². The Hall–Kier alpha value is -2.47. The Balaban J connectivity index is 2.25.